The van der Waals surface area contributed by atoms with E-state index in [1.807, 2.05) is 61.6 Å². The first kappa shape index (κ1) is 42.4. The number of fused-ring (bicyclic) bond motifs is 2. The number of anilines is 4. The third kappa shape index (κ3) is 9.39. The number of nitrogens with zero attached hydrogens (tertiary/aromatic N) is 6. The van der Waals surface area contributed by atoms with Crippen LogP contribution in [0, 0.1) is 0 Å². The van der Waals surface area contributed by atoms with Crippen molar-refractivity contribution in [1.82, 2.24) is 29.7 Å². The van der Waals surface area contributed by atoms with Crippen molar-refractivity contribution in [3.63, 3.8) is 0 Å². The molecule has 16 heteroatoms. The standard InChI is InChI=1S/C45H49N9O6S/c1-6-40(55)47-33-24-34(49-45-46-20-19-32(48-45)30-26-53(4)35-14-8-7-12-28(30)35)38(60-5)25-37(33)51(2)21-22-52(3)42(57)16-9-10-23-61-39-15-11-13-29-31(39)27-54(44(29)59)36-17-18-41(56)50-43(36)58/h6-8,11-15,19-20,24-26,36H,1,9-10,16-18,21-23,27H2,2-5H3,(H,47,55)(H,46,48,49)(H,50,56,58). The van der Waals surface area contributed by atoms with Gasteiger partial charge in [0.15, 0.2) is 0 Å². The molecule has 1 saturated heterocycles. The number of hydrogen-bond donors (Lipinski definition) is 3. The van der Waals surface area contributed by atoms with Gasteiger partial charge in [-0.1, -0.05) is 30.8 Å². The Bertz CT molecular complexity index is 2520. The molecule has 4 heterocycles. The maximum Gasteiger partial charge on any atom is 0.255 e. The highest BCUT2D eigenvalue weighted by Gasteiger charge is 2.39. The van der Waals surface area contributed by atoms with Crippen LogP contribution in [-0.4, -0.2) is 100.0 Å². The Hall–Kier alpha value is -6.68. The number of methoxy groups -OCH3 is 1. The van der Waals surface area contributed by atoms with Gasteiger partial charge in [-0.25, -0.2) is 9.97 Å². The number of para-hydroxylation sites is 1. The van der Waals surface area contributed by atoms with Crippen molar-refractivity contribution in [2.75, 3.05) is 55.6 Å². The van der Waals surface area contributed by atoms with Crippen molar-refractivity contribution in [1.29, 1.82) is 0 Å². The first-order chi connectivity index (χ1) is 29.4. The summed E-state index contributed by atoms with van der Waals surface area (Å²) in [7, 11) is 7.23. The molecule has 1 fully saturated rings. The average molecular weight is 844 g/mol. The average Bonchev–Trinajstić information content (AvgIpc) is 3.78. The van der Waals surface area contributed by atoms with Crippen molar-refractivity contribution in [2.45, 2.75) is 49.6 Å². The molecule has 2 aliphatic rings. The number of rotatable bonds is 17. The van der Waals surface area contributed by atoms with Crippen molar-refractivity contribution in [3.05, 3.63) is 96.8 Å². The number of carbonyl (C=O) groups is 5. The number of hydrogen-bond acceptors (Lipinski definition) is 11. The number of piperidine rings is 1. The number of ether oxygens (including phenoxy) is 1. The predicted octanol–water partition coefficient (Wildman–Crippen LogP) is 6.13. The molecule has 0 spiro atoms. The van der Waals surface area contributed by atoms with Gasteiger partial charge in [0.05, 0.1) is 29.9 Å². The van der Waals surface area contributed by atoms with Gasteiger partial charge >= 0.3 is 0 Å². The minimum Gasteiger partial charge on any atom is -0.494 e. The molecule has 0 saturated carbocycles. The Morgan fingerprint density at radius 2 is 1.85 bits per heavy atom. The second-order valence-electron chi connectivity index (χ2n) is 15.0. The first-order valence-electron chi connectivity index (χ1n) is 20.1. The largest absolute Gasteiger partial charge is 0.494 e. The van der Waals surface area contributed by atoms with E-state index in [1.54, 1.807) is 54.0 Å². The summed E-state index contributed by atoms with van der Waals surface area (Å²) in [6.45, 7) is 4.85. The fourth-order valence-corrected chi connectivity index (χ4v) is 8.75. The highest BCUT2D eigenvalue weighted by Crippen LogP contribution is 2.39. The van der Waals surface area contributed by atoms with E-state index in [1.165, 1.54) is 6.08 Å². The second kappa shape index (κ2) is 18.7. The molecule has 316 valence electrons. The maximum atomic E-state index is 13.2. The topological polar surface area (TPSA) is 171 Å². The molecule has 61 heavy (non-hydrogen) atoms. The van der Waals surface area contributed by atoms with Crippen LogP contribution in [0.2, 0.25) is 0 Å². The second-order valence-corrected chi connectivity index (χ2v) is 16.2. The summed E-state index contributed by atoms with van der Waals surface area (Å²) >= 11 is 1.64. The van der Waals surface area contributed by atoms with E-state index in [9.17, 15) is 24.0 Å². The number of thioether (sulfide) groups is 1. The minimum atomic E-state index is -0.656. The SMILES string of the molecule is C=CC(=O)Nc1cc(Nc2nccc(-c3cn(C)c4ccccc34)n2)c(OC)cc1N(C)CCN(C)C(=O)CCCCSc1cccc2c1CN(C1CCC(=O)NC1=O)C2=O. The van der Waals surface area contributed by atoms with E-state index in [0.717, 1.165) is 44.8 Å². The van der Waals surface area contributed by atoms with Crippen LogP contribution in [-0.2, 0) is 32.8 Å². The van der Waals surface area contributed by atoms with Crippen molar-refractivity contribution >= 4 is 75.2 Å². The zero-order valence-electron chi connectivity index (χ0n) is 34.7. The first-order valence-corrected chi connectivity index (χ1v) is 21.1. The zero-order chi connectivity index (χ0) is 43.2. The van der Waals surface area contributed by atoms with Gasteiger partial charge in [0.2, 0.25) is 29.6 Å². The van der Waals surface area contributed by atoms with Gasteiger partial charge in [-0.05, 0) is 67.0 Å². The third-order valence-corrected chi connectivity index (χ3v) is 12.2. The van der Waals surface area contributed by atoms with Gasteiger partial charge < -0.3 is 34.6 Å². The summed E-state index contributed by atoms with van der Waals surface area (Å²) in [5.41, 5.74) is 6.02. The summed E-state index contributed by atoms with van der Waals surface area (Å²) in [6, 6.07) is 18.5. The van der Waals surface area contributed by atoms with Crippen molar-refractivity contribution < 1.29 is 28.7 Å². The Kier molecular flexibility index (Phi) is 13.0. The monoisotopic (exact) mass is 843 g/mol. The Morgan fingerprint density at radius 3 is 2.64 bits per heavy atom. The minimum absolute atomic E-state index is 0.0209. The van der Waals surface area contributed by atoms with Crippen LogP contribution < -0.4 is 25.6 Å². The molecular formula is C45H49N9O6S. The molecule has 0 radical (unpaired) electrons. The lowest BCUT2D eigenvalue weighted by Gasteiger charge is -2.29. The molecule has 0 aliphatic carbocycles. The van der Waals surface area contributed by atoms with E-state index in [0.29, 0.717) is 73.2 Å². The Morgan fingerprint density at radius 1 is 1.03 bits per heavy atom. The molecule has 0 bridgehead atoms. The summed E-state index contributed by atoms with van der Waals surface area (Å²) in [5, 5.41) is 9.61. The number of benzene rings is 3. The van der Waals surface area contributed by atoms with Gasteiger partial charge in [0.25, 0.3) is 5.91 Å². The molecule has 2 aliphatic heterocycles. The summed E-state index contributed by atoms with van der Waals surface area (Å²) in [4.78, 5) is 78.6. The zero-order valence-corrected chi connectivity index (χ0v) is 35.5. The summed E-state index contributed by atoms with van der Waals surface area (Å²) in [6.07, 6.45) is 7.34. The molecule has 3 aromatic carbocycles. The fourth-order valence-electron chi connectivity index (χ4n) is 7.66. The van der Waals surface area contributed by atoms with Crippen LogP contribution in [0.15, 0.2) is 90.6 Å². The molecular weight excluding hydrogens is 795 g/mol. The number of unbranched alkanes of at least 4 members (excludes halogenated alkanes) is 1. The molecule has 3 N–H and O–H groups in total. The maximum absolute atomic E-state index is 13.2. The van der Waals surface area contributed by atoms with Crippen LogP contribution in [0.3, 0.4) is 0 Å². The van der Waals surface area contributed by atoms with Crippen LogP contribution >= 0.6 is 11.8 Å². The molecule has 5 aromatic rings. The van der Waals surface area contributed by atoms with Gasteiger partial charge in [-0.3, -0.25) is 29.3 Å². The van der Waals surface area contributed by atoms with Crippen LogP contribution in [0.5, 0.6) is 5.75 Å². The highest BCUT2D eigenvalue weighted by molar-refractivity contribution is 7.99. The predicted molar refractivity (Wildman–Crippen MR) is 237 cm³/mol. The number of imide groups is 1. The van der Waals surface area contributed by atoms with Gasteiger partial charge in [0.1, 0.15) is 11.8 Å². The van der Waals surface area contributed by atoms with E-state index < -0.39 is 11.9 Å². The third-order valence-electron chi connectivity index (χ3n) is 11.0. The van der Waals surface area contributed by atoms with Gasteiger partial charge in [-0.15, -0.1) is 11.8 Å². The fraction of sp³-hybridized carbons (Fsp3) is 0.311. The number of amides is 5. The lowest BCUT2D eigenvalue weighted by atomic mass is 10.0. The highest BCUT2D eigenvalue weighted by atomic mass is 32.2. The lowest BCUT2D eigenvalue weighted by Crippen LogP contribution is -2.52. The summed E-state index contributed by atoms with van der Waals surface area (Å²) < 4.78 is 7.86. The van der Waals surface area contributed by atoms with E-state index in [2.05, 4.69) is 44.2 Å². The number of carbonyl (C=O) groups excluding carboxylic acids is 5. The summed E-state index contributed by atoms with van der Waals surface area (Å²) in [5.74, 6) is 0.313. The quantitative estimate of drug-likeness (QED) is 0.0426. The number of aryl methyl sites for hydroxylation is 1. The molecule has 1 unspecified atom stereocenters. The van der Waals surface area contributed by atoms with Crippen LogP contribution in [0.4, 0.5) is 23.0 Å². The van der Waals surface area contributed by atoms with E-state index in [-0.39, 0.29) is 30.0 Å². The Labute approximate surface area is 358 Å². The van der Waals surface area contributed by atoms with Crippen molar-refractivity contribution in [3.8, 4) is 17.0 Å². The number of nitrogens with one attached hydrogen (secondary N) is 3. The lowest BCUT2D eigenvalue weighted by molar-refractivity contribution is -0.137. The van der Waals surface area contributed by atoms with Gasteiger partial charge in [0, 0.05) is 99.0 Å². The Balaban J connectivity index is 0.936. The van der Waals surface area contributed by atoms with Gasteiger partial charge in [-0.2, -0.15) is 0 Å². The molecule has 2 aromatic heterocycles. The van der Waals surface area contributed by atoms with Crippen LogP contribution in [0.1, 0.15) is 48.0 Å². The molecule has 1 atom stereocenters. The molecule has 15 nitrogen and oxygen atoms in total. The number of likely N-dealkylation sites (N-methyl/N-ethyl adjacent to an activating group) is 2. The molecule has 5 amide bonds. The smallest absolute Gasteiger partial charge is 0.255 e. The number of aromatic nitrogens is 3. The molecule has 7 rings (SSSR count). The van der Waals surface area contributed by atoms with Crippen molar-refractivity contribution in [2.24, 2.45) is 7.05 Å². The van der Waals surface area contributed by atoms with Crippen LogP contribution in [0.25, 0.3) is 22.2 Å². The van der Waals surface area contributed by atoms with E-state index >= 15 is 0 Å². The van der Waals surface area contributed by atoms with E-state index in [4.69, 9.17) is 9.72 Å². The normalized spacial score (nSPS) is 14.7.